The van der Waals surface area contributed by atoms with Crippen LogP contribution in [0.3, 0.4) is 0 Å². The van der Waals surface area contributed by atoms with Crippen LogP contribution in [-0.4, -0.2) is 9.97 Å². The van der Waals surface area contributed by atoms with Crippen molar-refractivity contribution in [1.29, 1.82) is 0 Å². The Morgan fingerprint density at radius 2 is 2.00 bits per heavy atom. The van der Waals surface area contributed by atoms with Crippen LogP contribution in [0.2, 0.25) is 0 Å². The molecule has 1 aromatic carbocycles. The minimum atomic E-state index is 0.230. The predicted octanol–water partition coefficient (Wildman–Crippen LogP) is 3.48. The molecule has 0 saturated carbocycles. The highest BCUT2D eigenvalue weighted by Crippen LogP contribution is 2.18. The van der Waals surface area contributed by atoms with Gasteiger partial charge in [-0.15, -0.1) is 0 Å². The van der Waals surface area contributed by atoms with E-state index in [0.717, 1.165) is 12.2 Å². The minimum Gasteiger partial charge on any atom is -0.305 e. The molecular weight excluding hydrogens is 246 g/mol. The second-order valence-corrected chi connectivity index (χ2v) is 4.87. The first-order chi connectivity index (χ1) is 9.84. The standard InChI is InChI=1S/C17H17N3/c1-13(17-7-2-3-9-19-17)20-12-15-6-4-5-14-11-18-10-8-16(14)15/h2-11,13,20H,12H2,1H3. The molecule has 0 spiro atoms. The van der Waals surface area contributed by atoms with Gasteiger partial charge in [0.1, 0.15) is 0 Å². The summed E-state index contributed by atoms with van der Waals surface area (Å²) >= 11 is 0. The largest absolute Gasteiger partial charge is 0.305 e. The number of nitrogens with one attached hydrogen (secondary N) is 1. The van der Waals surface area contributed by atoms with Gasteiger partial charge >= 0.3 is 0 Å². The van der Waals surface area contributed by atoms with E-state index in [1.54, 1.807) is 0 Å². The zero-order valence-electron chi connectivity index (χ0n) is 11.5. The molecule has 3 heteroatoms. The van der Waals surface area contributed by atoms with Gasteiger partial charge < -0.3 is 5.32 Å². The van der Waals surface area contributed by atoms with E-state index in [1.165, 1.54) is 16.3 Å². The lowest BCUT2D eigenvalue weighted by Crippen LogP contribution is -2.19. The second-order valence-electron chi connectivity index (χ2n) is 4.87. The van der Waals surface area contributed by atoms with Gasteiger partial charge in [0.15, 0.2) is 0 Å². The maximum Gasteiger partial charge on any atom is 0.0570 e. The van der Waals surface area contributed by atoms with E-state index in [4.69, 9.17) is 0 Å². The molecule has 0 aliphatic heterocycles. The SMILES string of the molecule is CC(NCc1cccc2cnccc12)c1ccccn1. The van der Waals surface area contributed by atoms with Crippen LogP contribution in [0.1, 0.15) is 24.2 Å². The minimum absolute atomic E-state index is 0.230. The van der Waals surface area contributed by atoms with Gasteiger partial charge in [-0.2, -0.15) is 0 Å². The topological polar surface area (TPSA) is 37.8 Å². The van der Waals surface area contributed by atoms with Gasteiger partial charge in [-0.05, 0) is 36.1 Å². The van der Waals surface area contributed by atoms with Crippen LogP contribution >= 0.6 is 0 Å². The maximum absolute atomic E-state index is 4.38. The molecule has 0 aliphatic rings. The van der Waals surface area contributed by atoms with Crippen LogP contribution in [0.25, 0.3) is 10.8 Å². The smallest absolute Gasteiger partial charge is 0.0570 e. The van der Waals surface area contributed by atoms with Crippen LogP contribution in [0.4, 0.5) is 0 Å². The Bertz CT molecular complexity index is 689. The van der Waals surface area contributed by atoms with Gasteiger partial charge in [0.05, 0.1) is 5.69 Å². The normalized spacial score (nSPS) is 12.4. The zero-order valence-corrected chi connectivity index (χ0v) is 11.5. The van der Waals surface area contributed by atoms with Crippen LogP contribution in [-0.2, 0) is 6.54 Å². The fourth-order valence-corrected chi connectivity index (χ4v) is 2.34. The summed E-state index contributed by atoms with van der Waals surface area (Å²) in [5.41, 5.74) is 2.35. The molecule has 0 aliphatic carbocycles. The Morgan fingerprint density at radius 1 is 1.05 bits per heavy atom. The summed E-state index contributed by atoms with van der Waals surface area (Å²) in [6.45, 7) is 2.95. The molecule has 2 heterocycles. The highest BCUT2D eigenvalue weighted by atomic mass is 14.9. The third-order valence-electron chi connectivity index (χ3n) is 3.50. The van der Waals surface area contributed by atoms with Gasteiger partial charge in [0.25, 0.3) is 0 Å². The Morgan fingerprint density at radius 3 is 2.85 bits per heavy atom. The van der Waals surface area contributed by atoms with Crippen molar-refractivity contribution in [2.75, 3.05) is 0 Å². The van der Waals surface area contributed by atoms with Crippen LogP contribution in [0.15, 0.2) is 61.1 Å². The number of hydrogen-bond donors (Lipinski definition) is 1. The molecule has 2 aromatic heterocycles. The molecule has 0 amide bonds. The highest BCUT2D eigenvalue weighted by Gasteiger charge is 2.06. The van der Waals surface area contributed by atoms with E-state index in [1.807, 2.05) is 36.8 Å². The summed E-state index contributed by atoms with van der Waals surface area (Å²) < 4.78 is 0. The fraction of sp³-hybridized carbons (Fsp3) is 0.176. The molecule has 0 saturated heterocycles. The first kappa shape index (κ1) is 12.8. The zero-order chi connectivity index (χ0) is 13.8. The average molecular weight is 263 g/mol. The summed E-state index contributed by atoms with van der Waals surface area (Å²) in [4.78, 5) is 8.55. The van der Waals surface area contributed by atoms with Gasteiger partial charge in [-0.3, -0.25) is 9.97 Å². The third kappa shape index (κ3) is 2.68. The van der Waals surface area contributed by atoms with Crippen LogP contribution in [0, 0.1) is 0 Å². The molecule has 3 aromatic rings. The van der Waals surface area contributed by atoms with Gasteiger partial charge in [-0.25, -0.2) is 0 Å². The molecule has 1 unspecified atom stereocenters. The molecule has 3 nitrogen and oxygen atoms in total. The first-order valence-corrected chi connectivity index (χ1v) is 6.80. The molecule has 3 rings (SSSR count). The lowest BCUT2D eigenvalue weighted by Gasteiger charge is -2.14. The summed E-state index contributed by atoms with van der Waals surface area (Å²) in [5, 5.41) is 5.96. The second kappa shape index (κ2) is 5.80. The number of benzene rings is 1. The van der Waals surface area contributed by atoms with Crippen molar-refractivity contribution in [3.8, 4) is 0 Å². The van der Waals surface area contributed by atoms with E-state index in [2.05, 4.69) is 46.5 Å². The van der Waals surface area contributed by atoms with Crippen molar-refractivity contribution in [3.05, 3.63) is 72.3 Å². The number of rotatable bonds is 4. The number of fused-ring (bicyclic) bond motifs is 1. The van der Waals surface area contributed by atoms with E-state index >= 15 is 0 Å². The van der Waals surface area contributed by atoms with Crippen molar-refractivity contribution < 1.29 is 0 Å². The fourth-order valence-electron chi connectivity index (χ4n) is 2.34. The van der Waals surface area contributed by atoms with Crippen LogP contribution < -0.4 is 5.32 Å². The van der Waals surface area contributed by atoms with Crippen molar-refractivity contribution >= 4 is 10.8 Å². The predicted molar refractivity (Wildman–Crippen MR) is 81.2 cm³/mol. The van der Waals surface area contributed by atoms with Crippen LogP contribution in [0.5, 0.6) is 0 Å². The van der Waals surface area contributed by atoms with Crippen molar-refractivity contribution in [2.45, 2.75) is 19.5 Å². The number of pyridine rings is 2. The monoisotopic (exact) mass is 263 g/mol. The highest BCUT2D eigenvalue weighted by molar-refractivity contribution is 5.84. The average Bonchev–Trinajstić information content (AvgIpc) is 2.53. The number of hydrogen-bond acceptors (Lipinski definition) is 3. The summed E-state index contributed by atoms with van der Waals surface area (Å²) in [6.07, 6.45) is 5.58. The van der Waals surface area contributed by atoms with Crippen molar-refractivity contribution in [1.82, 2.24) is 15.3 Å². The summed E-state index contributed by atoms with van der Waals surface area (Å²) in [5.74, 6) is 0. The van der Waals surface area contributed by atoms with E-state index < -0.39 is 0 Å². The maximum atomic E-state index is 4.38. The number of nitrogens with zero attached hydrogens (tertiary/aromatic N) is 2. The summed E-state index contributed by atoms with van der Waals surface area (Å²) in [7, 11) is 0. The molecule has 0 radical (unpaired) electrons. The first-order valence-electron chi connectivity index (χ1n) is 6.80. The van der Waals surface area contributed by atoms with Crippen molar-refractivity contribution in [2.24, 2.45) is 0 Å². The Balaban J connectivity index is 1.77. The van der Waals surface area contributed by atoms with E-state index in [0.29, 0.717) is 0 Å². The molecule has 1 N–H and O–H groups in total. The Hall–Kier alpha value is -2.26. The molecule has 1 atom stereocenters. The molecule has 0 fully saturated rings. The van der Waals surface area contributed by atoms with Gasteiger partial charge in [0, 0.05) is 36.6 Å². The van der Waals surface area contributed by atoms with Crippen molar-refractivity contribution in [3.63, 3.8) is 0 Å². The lowest BCUT2D eigenvalue weighted by atomic mass is 10.1. The quantitative estimate of drug-likeness (QED) is 0.783. The third-order valence-corrected chi connectivity index (χ3v) is 3.50. The van der Waals surface area contributed by atoms with Gasteiger partial charge in [-0.1, -0.05) is 24.3 Å². The van der Waals surface area contributed by atoms with E-state index in [-0.39, 0.29) is 6.04 Å². The molecule has 100 valence electrons. The summed E-state index contributed by atoms with van der Waals surface area (Å²) in [6, 6.07) is 14.6. The van der Waals surface area contributed by atoms with E-state index in [9.17, 15) is 0 Å². The Kier molecular flexibility index (Phi) is 3.70. The Labute approximate surface area is 118 Å². The lowest BCUT2D eigenvalue weighted by molar-refractivity contribution is 0.563. The molecule has 20 heavy (non-hydrogen) atoms. The molecular formula is C17H17N3. The number of aromatic nitrogens is 2. The van der Waals surface area contributed by atoms with Gasteiger partial charge in [0.2, 0.25) is 0 Å². The molecule has 0 bridgehead atoms.